The van der Waals surface area contributed by atoms with Gasteiger partial charge in [-0.1, -0.05) is 27.7 Å². The highest BCUT2D eigenvalue weighted by Gasteiger charge is 2.29. The van der Waals surface area contributed by atoms with Crippen molar-refractivity contribution in [1.82, 2.24) is 5.32 Å². The lowest BCUT2D eigenvalue weighted by Gasteiger charge is -2.30. The second-order valence-corrected chi connectivity index (χ2v) is 7.47. The van der Waals surface area contributed by atoms with E-state index in [1.165, 1.54) is 0 Å². The summed E-state index contributed by atoms with van der Waals surface area (Å²) in [5.74, 6) is 0.722. The van der Waals surface area contributed by atoms with Crippen molar-refractivity contribution in [3.8, 4) is 0 Å². The van der Waals surface area contributed by atoms with E-state index in [9.17, 15) is 4.79 Å². The molecule has 0 aromatic heterocycles. The van der Waals surface area contributed by atoms with Gasteiger partial charge < -0.3 is 10.1 Å². The molecule has 1 amide bonds. The first kappa shape index (κ1) is 18.4. The normalized spacial score (nSPS) is 13.2. The van der Waals surface area contributed by atoms with Crippen molar-refractivity contribution >= 4 is 5.91 Å². The summed E-state index contributed by atoms with van der Waals surface area (Å²) in [6, 6.07) is 0.185. The van der Waals surface area contributed by atoms with Crippen LogP contribution >= 0.6 is 0 Å². The van der Waals surface area contributed by atoms with E-state index < -0.39 is 0 Å². The molecule has 0 aliphatic carbocycles. The molecular weight excluding hydrogens is 238 g/mol. The number of rotatable bonds is 8. The second-order valence-electron chi connectivity index (χ2n) is 7.47. The molecule has 0 rings (SSSR count). The Morgan fingerprint density at radius 1 is 1.11 bits per heavy atom. The van der Waals surface area contributed by atoms with Gasteiger partial charge in [0, 0.05) is 18.1 Å². The van der Waals surface area contributed by atoms with Crippen molar-refractivity contribution in [3.05, 3.63) is 0 Å². The molecule has 3 heteroatoms. The summed E-state index contributed by atoms with van der Waals surface area (Å²) in [5.41, 5.74) is -0.489. The molecule has 0 saturated heterocycles. The van der Waals surface area contributed by atoms with Gasteiger partial charge in [-0.2, -0.15) is 0 Å². The lowest BCUT2D eigenvalue weighted by Crippen LogP contribution is -2.41. The maximum absolute atomic E-state index is 12.0. The number of ether oxygens (including phenoxy) is 1. The fourth-order valence-corrected chi connectivity index (χ4v) is 2.20. The number of carbonyl (C=O) groups excluding carboxylic acids is 1. The highest BCUT2D eigenvalue weighted by molar-refractivity contribution is 5.81. The zero-order valence-corrected chi connectivity index (χ0v) is 14.1. The molecule has 19 heavy (non-hydrogen) atoms. The maximum atomic E-state index is 12.0. The molecule has 1 N–H and O–H groups in total. The third-order valence-corrected chi connectivity index (χ3v) is 3.15. The van der Waals surface area contributed by atoms with E-state index >= 15 is 0 Å². The van der Waals surface area contributed by atoms with Crippen LogP contribution in [0.5, 0.6) is 0 Å². The Morgan fingerprint density at radius 3 is 2.05 bits per heavy atom. The standard InChI is InChI=1S/C16H33NO2/c1-12(2)11-16(7,8)19-10-9-15(5,6)14(18)17-13(3)4/h12-13H,9-11H2,1-8H3,(H,17,18). The van der Waals surface area contributed by atoms with Crippen LogP contribution < -0.4 is 5.32 Å². The van der Waals surface area contributed by atoms with Gasteiger partial charge in [0.2, 0.25) is 5.91 Å². The third-order valence-electron chi connectivity index (χ3n) is 3.15. The average molecular weight is 271 g/mol. The largest absolute Gasteiger partial charge is 0.376 e. The summed E-state index contributed by atoms with van der Waals surface area (Å²) in [7, 11) is 0. The van der Waals surface area contributed by atoms with E-state index in [-0.39, 0.29) is 23.0 Å². The molecule has 3 nitrogen and oxygen atoms in total. The number of amides is 1. The monoisotopic (exact) mass is 271 g/mol. The lowest BCUT2D eigenvalue weighted by molar-refractivity contribution is -0.132. The van der Waals surface area contributed by atoms with E-state index in [0.717, 1.165) is 12.8 Å². The van der Waals surface area contributed by atoms with Gasteiger partial charge in [-0.15, -0.1) is 0 Å². The summed E-state index contributed by atoms with van der Waals surface area (Å²) in [6.45, 7) is 17.2. The van der Waals surface area contributed by atoms with Gasteiger partial charge in [-0.3, -0.25) is 4.79 Å². The molecule has 0 fully saturated rings. The van der Waals surface area contributed by atoms with Crippen LogP contribution in [0.2, 0.25) is 0 Å². The Bertz CT molecular complexity index is 280. The summed E-state index contributed by atoms with van der Waals surface area (Å²) in [6.07, 6.45) is 1.78. The first-order chi connectivity index (χ1) is 8.46. The first-order valence-corrected chi connectivity index (χ1v) is 7.41. The van der Waals surface area contributed by atoms with Crippen molar-refractivity contribution in [3.63, 3.8) is 0 Å². The Hall–Kier alpha value is -0.570. The van der Waals surface area contributed by atoms with Crippen LogP contribution in [0.1, 0.15) is 68.2 Å². The summed E-state index contributed by atoms with van der Waals surface area (Å²) in [4.78, 5) is 12.0. The number of hydrogen-bond donors (Lipinski definition) is 1. The van der Waals surface area contributed by atoms with E-state index in [0.29, 0.717) is 12.5 Å². The molecule has 0 aliphatic rings. The van der Waals surface area contributed by atoms with Crippen LogP contribution in [0, 0.1) is 11.3 Å². The molecular formula is C16H33NO2. The second kappa shape index (κ2) is 7.28. The van der Waals surface area contributed by atoms with E-state index in [4.69, 9.17) is 4.74 Å². The highest BCUT2D eigenvalue weighted by atomic mass is 16.5. The van der Waals surface area contributed by atoms with E-state index in [2.05, 4.69) is 33.0 Å². The van der Waals surface area contributed by atoms with Crippen molar-refractivity contribution in [2.45, 2.75) is 79.9 Å². The van der Waals surface area contributed by atoms with Gasteiger partial charge in [0.25, 0.3) is 0 Å². The average Bonchev–Trinajstić information content (AvgIpc) is 2.12. The van der Waals surface area contributed by atoms with Crippen LogP contribution in [0.25, 0.3) is 0 Å². The van der Waals surface area contributed by atoms with Gasteiger partial charge in [0.05, 0.1) is 5.60 Å². The molecule has 0 spiro atoms. The third kappa shape index (κ3) is 8.25. The Labute approximate surface area is 119 Å². The van der Waals surface area contributed by atoms with Gasteiger partial charge in [-0.25, -0.2) is 0 Å². The van der Waals surface area contributed by atoms with Crippen molar-refractivity contribution in [2.75, 3.05) is 6.61 Å². The smallest absolute Gasteiger partial charge is 0.225 e. The van der Waals surface area contributed by atoms with Crippen LogP contribution in [0.3, 0.4) is 0 Å². The molecule has 0 aromatic carbocycles. The van der Waals surface area contributed by atoms with E-state index in [1.54, 1.807) is 0 Å². The fourth-order valence-electron chi connectivity index (χ4n) is 2.20. The predicted molar refractivity (Wildman–Crippen MR) is 81.2 cm³/mol. The zero-order chi connectivity index (χ0) is 15.3. The van der Waals surface area contributed by atoms with E-state index in [1.807, 2.05) is 27.7 Å². The van der Waals surface area contributed by atoms with Crippen molar-refractivity contribution < 1.29 is 9.53 Å². The number of nitrogens with one attached hydrogen (secondary N) is 1. The van der Waals surface area contributed by atoms with Gasteiger partial charge in [0.15, 0.2) is 0 Å². The van der Waals surface area contributed by atoms with Crippen LogP contribution in [-0.4, -0.2) is 24.2 Å². The van der Waals surface area contributed by atoms with Gasteiger partial charge >= 0.3 is 0 Å². The molecule has 0 aromatic rings. The van der Waals surface area contributed by atoms with Gasteiger partial charge in [-0.05, 0) is 46.5 Å². The Kier molecular flexibility index (Phi) is 7.06. The lowest BCUT2D eigenvalue weighted by atomic mass is 9.88. The molecule has 0 saturated carbocycles. The fraction of sp³-hybridized carbons (Fsp3) is 0.938. The van der Waals surface area contributed by atoms with Crippen LogP contribution in [0.15, 0.2) is 0 Å². The topological polar surface area (TPSA) is 38.3 Å². The van der Waals surface area contributed by atoms with Crippen LogP contribution in [0.4, 0.5) is 0 Å². The predicted octanol–water partition coefficient (Wildman–Crippen LogP) is 3.77. The minimum absolute atomic E-state index is 0.104. The Balaban J connectivity index is 4.21. The highest BCUT2D eigenvalue weighted by Crippen LogP contribution is 2.25. The Morgan fingerprint density at radius 2 is 1.63 bits per heavy atom. The quantitative estimate of drug-likeness (QED) is 0.730. The number of carbonyl (C=O) groups is 1. The van der Waals surface area contributed by atoms with Crippen LogP contribution in [-0.2, 0) is 9.53 Å². The first-order valence-electron chi connectivity index (χ1n) is 7.41. The maximum Gasteiger partial charge on any atom is 0.225 e. The van der Waals surface area contributed by atoms with Gasteiger partial charge in [0.1, 0.15) is 0 Å². The number of hydrogen-bond acceptors (Lipinski definition) is 2. The summed E-state index contributed by atoms with van der Waals surface area (Å²) < 4.78 is 5.95. The minimum Gasteiger partial charge on any atom is -0.376 e. The molecule has 0 heterocycles. The molecule has 114 valence electrons. The summed E-state index contributed by atoms with van der Waals surface area (Å²) >= 11 is 0. The van der Waals surface area contributed by atoms with Crippen molar-refractivity contribution in [2.24, 2.45) is 11.3 Å². The molecule has 0 atom stereocenters. The minimum atomic E-state index is -0.377. The SMILES string of the molecule is CC(C)CC(C)(C)OCCC(C)(C)C(=O)NC(C)C. The molecule has 0 bridgehead atoms. The zero-order valence-electron chi connectivity index (χ0n) is 14.1. The molecule has 0 aliphatic heterocycles. The van der Waals surface area contributed by atoms with Crippen molar-refractivity contribution in [1.29, 1.82) is 0 Å². The molecule has 0 radical (unpaired) electrons. The molecule has 0 unspecified atom stereocenters. The summed E-state index contributed by atoms with van der Waals surface area (Å²) in [5, 5.41) is 2.97.